The molecule has 9 heteroatoms. The van der Waals surface area contributed by atoms with E-state index in [4.69, 9.17) is 9.72 Å². The van der Waals surface area contributed by atoms with Crippen molar-refractivity contribution in [3.63, 3.8) is 0 Å². The summed E-state index contributed by atoms with van der Waals surface area (Å²) in [5.74, 6) is 1.71. The molecule has 1 fully saturated rings. The largest absolute Gasteiger partial charge is 0.497 e. The third-order valence-electron chi connectivity index (χ3n) is 6.04. The second-order valence-electron chi connectivity index (χ2n) is 8.66. The van der Waals surface area contributed by atoms with E-state index in [9.17, 15) is 4.79 Å². The molecule has 36 heavy (non-hydrogen) atoms. The minimum Gasteiger partial charge on any atom is -0.497 e. The van der Waals surface area contributed by atoms with E-state index in [1.165, 1.54) is 0 Å². The van der Waals surface area contributed by atoms with Crippen molar-refractivity contribution in [3.05, 3.63) is 77.6 Å². The number of aromatic nitrogens is 3. The van der Waals surface area contributed by atoms with Crippen molar-refractivity contribution in [1.29, 1.82) is 0 Å². The summed E-state index contributed by atoms with van der Waals surface area (Å²) in [5.41, 5.74) is 2.54. The van der Waals surface area contributed by atoms with E-state index in [1.807, 2.05) is 66.0 Å². The molecule has 180 valence electrons. The molecule has 1 aliphatic rings. The van der Waals surface area contributed by atoms with Gasteiger partial charge in [-0.25, -0.2) is 15.0 Å². The Kier molecular flexibility index (Phi) is 5.82. The fourth-order valence-electron chi connectivity index (χ4n) is 4.02. The van der Waals surface area contributed by atoms with Crippen LogP contribution in [0, 0.1) is 0 Å². The molecule has 0 saturated heterocycles. The zero-order valence-electron chi connectivity index (χ0n) is 19.6. The maximum absolute atomic E-state index is 13.2. The molecule has 1 aliphatic carbocycles. The Morgan fingerprint density at radius 1 is 1.06 bits per heavy atom. The number of anilines is 3. The Morgan fingerprint density at radius 3 is 2.69 bits per heavy atom. The van der Waals surface area contributed by atoms with Gasteiger partial charge in [0, 0.05) is 17.1 Å². The molecule has 0 aliphatic heterocycles. The van der Waals surface area contributed by atoms with Crippen LogP contribution < -0.4 is 20.7 Å². The fourth-order valence-corrected chi connectivity index (χ4v) is 4.80. The van der Waals surface area contributed by atoms with E-state index < -0.39 is 5.91 Å². The molecular weight excluding hydrogens is 472 g/mol. The van der Waals surface area contributed by atoms with Gasteiger partial charge in [-0.3, -0.25) is 4.79 Å². The quantitative estimate of drug-likeness (QED) is 0.254. The van der Waals surface area contributed by atoms with E-state index >= 15 is 0 Å². The molecule has 3 heterocycles. The molecule has 6 rings (SSSR count). The van der Waals surface area contributed by atoms with Crippen LogP contribution in [0.4, 0.5) is 17.3 Å². The third-order valence-corrected chi connectivity index (χ3v) is 6.95. The minimum absolute atomic E-state index is 0.122. The van der Waals surface area contributed by atoms with Crippen molar-refractivity contribution < 1.29 is 9.53 Å². The summed E-state index contributed by atoms with van der Waals surface area (Å²) in [6.45, 7) is 0.489. The number of nitrogens with one attached hydrogen (secondary N) is 3. The summed E-state index contributed by atoms with van der Waals surface area (Å²) in [4.78, 5) is 27.0. The van der Waals surface area contributed by atoms with Crippen molar-refractivity contribution in [2.24, 2.45) is 0 Å². The lowest BCUT2D eigenvalue weighted by atomic mass is 10.1. The molecule has 0 atom stereocenters. The number of amides is 1. The Morgan fingerprint density at radius 2 is 1.89 bits per heavy atom. The number of pyridine rings is 1. The third kappa shape index (κ3) is 4.65. The first kappa shape index (κ1) is 22.2. The summed E-state index contributed by atoms with van der Waals surface area (Å²) in [6, 6.07) is 19.9. The maximum atomic E-state index is 13.2. The number of carbonyl (C=O) groups is 1. The van der Waals surface area contributed by atoms with Crippen molar-refractivity contribution in [2.75, 3.05) is 23.1 Å². The highest BCUT2D eigenvalue weighted by atomic mass is 32.1. The molecule has 5 aromatic rings. The normalized spacial score (nSPS) is 13.0. The number of fused-ring (bicyclic) bond motifs is 2. The summed E-state index contributed by atoms with van der Waals surface area (Å²) >= 11 is 1.57. The Labute approximate surface area is 211 Å². The number of nitrogens with zero attached hydrogens (tertiary/aromatic N) is 3. The molecule has 0 bridgehead atoms. The van der Waals surface area contributed by atoms with Gasteiger partial charge in [0.15, 0.2) is 0 Å². The number of ether oxygens (including phenoxy) is 1. The van der Waals surface area contributed by atoms with Crippen molar-refractivity contribution in [2.45, 2.75) is 25.4 Å². The number of hydrogen-bond donors (Lipinski definition) is 3. The van der Waals surface area contributed by atoms with Crippen molar-refractivity contribution in [1.82, 2.24) is 15.0 Å². The highest BCUT2D eigenvalue weighted by Crippen LogP contribution is 2.31. The topological polar surface area (TPSA) is 101 Å². The van der Waals surface area contributed by atoms with Crippen LogP contribution in [0.2, 0.25) is 0 Å². The number of thiophene rings is 1. The van der Waals surface area contributed by atoms with E-state index in [2.05, 4.69) is 25.9 Å². The molecule has 8 nitrogen and oxygen atoms in total. The van der Waals surface area contributed by atoms with Gasteiger partial charge in [0.25, 0.3) is 5.91 Å². The summed E-state index contributed by atoms with van der Waals surface area (Å²) in [5, 5.41) is 13.7. The molecular formula is C27H24N6O2S. The average Bonchev–Trinajstić information content (AvgIpc) is 3.59. The zero-order chi connectivity index (χ0) is 24.5. The van der Waals surface area contributed by atoms with Crippen LogP contribution >= 0.6 is 11.3 Å². The van der Waals surface area contributed by atoms with Gasteiger partial charge in [0.1, 0.15) is 17.4 Å². The Bertz CT molecular complexity index is 1560. The highest BCUT2D eigenvalue weighted by molar-refractivity contribution is 7.17. The first-order chi connectivity index (χ1) is 17.7. The van der Waals surface area contributed by atoms with Gasteiger partial charge >= 0.3 is 0 Å². The lowest BCUT2D eigenvalue weighted by molar-refractivity contribution is 0.101. The molecule has 0 radical (unpaired) electrons. The standard InChI is InChI=1S/C27H24N6O2S/c1-35-19-10-8-17(9-11-19)28-15-22-20-5-3-2-4-16(20)14-23(30-22)32-27(34)26-31-21-12-13-36-24(21)25(33-26)29-18-6-7-18/h2-5,8-14,18,28H,6-7,15H2,1H3,(H,29,31,33)(H,30,32,34). The van der Waals surface area contributed by atoms with Crippen LogP contribution in [0.1, 0.15) is 29.2 Å². The monoisotopic (exact) mass is 496 g/mol. The number of benzene rings is 2. The van der Waals surface area contributed by atoms with Crippen LogP contribution in [0.3, 0.4) is 0 Å². The second-order valence-corrected chi connectivity index (χ2v) is 9.58. The van der Waals surface area contributed by atoms with Crippen molar-refractivity contribution in [3.8, 4) is 5.75 Å². The average molecular weight is 497 g/mol. The van der Waals surface area contributed by atoms with Crippen LogP contribution in [-0.2, 0) is 6.54 Å². The number of rotatable bonds is 8. The summed E-state index contributed by atoms with van der Waals surface area (Å²) < 4.78 is 6.20. The van der Waals surface area contributed by atoms with E-state index in [1.54, 1.807) is 18.4 Å². The number of carbonyl (C=O) groups excluding carboxylic acids is 1. The van der Waals surface area contributed by atoms with Gasteiger partial charge in [0.2, 0.25) is 5.82 Å². The maximum Gasteiger partial charge on any atom is 0.294 e. The smallest absolute Gasteiger partial charge is 0.294 e. The fraction of sp³-hybridized carbons (Fsp3) is 0.185. The summed E-state index contributed by atoms with van der Waals surface area (Å²) in [6.07, 6.45) is 2.24. The molecule has 3 N–H and O–H groups in total. The molecule has 0 spiro atoms. The van der Waals surface area contributed by atoms with Gasteiger partial charge in [-0.1, -0.05) is 24.3 Å². The molecule has 2 aromatic carbocycles. The van der Waals surface area contributed by atoms with Gasteiger partial charge in [-0.15, -0.1) is 11.3 Å². The van der Waals surface area contributed by atoms with E-state index in [0.29, 0.717) is 18.4 Å². The van der Waals surface area contributed by atoms with Gasteiger partial charge in [0.05, 0.1) is 29.6 Å². The number of hydrogen-bond acceptors (Lipinski definition) is 8. The predicted octanol–water partition coefficient (Wildman–Crippen LogP) is 5.69. The highest BCUT2D eigenvalue weighted by Gasteiger charge is 2.24. The Hall–Kier alpha value is -4.24. The molecule has 1 amide bonds. The van der Waals surface area contributed by atoms with Crippen LogP contribution in [0.5, 0.6) is 5.75 Å². The number of methoxy groups -OCH3 is 1. The lowest BCUT2D eigenvalue weighted by Crippen LogP contribution is -2.18. The van der Waals surface area contributed by atoms with Gasteiger partial charge in [-0.2, -0.15) is 0 Å². The first-order valence-corrected chi connectivity index (χ1v) is 12.6. The molecule has 3 aromatic heterocycles. The lowest BCUT2D eigenvalue weighted by Gasteiger charge is -2.12. The van der Waals surface area contributed by atoms with Crippen LogP contribution in [0.15, 0.2) is 66.0 Å². The first-order valence-electron chi connectivity index (χ1n) is 11.8. The van der Waals surface area contributed by atoms with Gasteiger partial charge in [-0.05, 0) is 60.0 Å². The van der Waals surface area contributed by atoms with E-state index in [0.717, 1.165) is 56.8 Å². The van der Waals surface area contributed by atoms with Crippen LogP contribution in [-0.4, -0.2) is 34.0 Å². The second kappa shape index (κ2) is 9.43. The summed E-state index contributed by atoms with van der Waals surface area (Å²) in [7, 11) is 1.65. The van der Waals surface area contributed by atoms with Gasteiger partial charge < -0.3 is 20.7 Å². The Balaban J connectivity index is 1.27. The molecule has 1 saturated carbocycles. The SMILES string of the molecule is COc1ccc(NCc2nc(NC(=O)c3nc(NC4CC4)c4sccc4n3)cc3ccccc23)cc1. The minimum atomic E-state index is -0.390. The zero-order valence-corrected chi connectivity index (χ0v) is 20.4. The van der Waals surface area contributed by atoms with Crippen molar-refractivity contribution >= 4 is 55.6 Å². The van der Waals surface area contributed by atoms with Crippen LogP contribution in [0.25, 0.3) is 21.0 Å². The predicted molar refractivity (Wildman–Crippen MR) is 144 cm³/mol. The molecule has 0 unspecified atom stereocenters. The van der Waals surface area contributed by atoms with E-state index in [-0.39, 0.29) is 5.82 Å².